The second-order valence-corrected chi connectivity index (χ2v) is 10.5. The summed E-state index contributed by atoms with van der Waals surface area (Å²) in [5.74, 6) is 0.154. The van der Waals surface area contributed by atoms with Gasteiger partial charge >= 0.3 is 0 Å². The molecule has 1 amide bonds. The van der Waals surface area contributed by atoms with Gasteiger partial charge in [-0.2, -0.15) is 0 Å². The number of rotatable bonds is 7. The summed E-state index contributed by atoms with van der Waals surface area (Å²) in [5.41, 5.74) is 6.56. The molecule has 0 spiro atoms. The number of nitrogen functional groups attached to an aromatic ring is 1. The van der Waals surface area contributed by atoms with E-state index in [0.717, 1.165) is 57.3 Å². The highest BCUT2D eigenvalue weighted by molar-refractivity contribution is 5.96. The van der Waals surface area contributed by atoms with Gasteiger partial charge in [-0.15, -0.1) is 0 Å². The van der Waals surface area contributed by atoms with Crippen LogP contribution in [0.3, 0.4) is 0 Å². The third-order valence-electron chi connectivity index (χ3n) is 7.85. The molecular weight excluding hydrogens is 474 g/mol. The van der Waals surface area contributed by atoms with E-state index in [4.69, 9.17) is 5.73 Å². The molecule has 37 heavy (non-hydrogen) atoms. The lowest BCUT2D eigenvalue weighted by molar-refractivity contribution is 0.0608. The average Bonchev–Trinajstić information content (AvgIpc) is 3.71. The van der Waals surface area contributed by atoms with Gasteiger partial charge in [-0.1, -0.05) is 13.0 Å². The zero-order chi connectivity index (χ0) is 26.1. The van der Waals surface area contributed by atoms with Crippen LogP contribution in [-0.4, -0.2) is 86.7 Å². The lowest BCUT2D eigenvalue weighted by Gasteiger charge is -2.47. The second-order valence-electron chi connectivity index (χ2n) is 10.5. The lowest BCUT2D eigenvalue weighted by atomic mass is 9.97. The first-order chi connectivity index (χ1) is 17.8. The van der Waals surface area contributed by atoms with Crippen LogP contribution in [0.15, 0.2) is 23.0 Å². The molecule has 1 aromatic heterocycles. The monoisotopic (exact) mass is 511 g/mol. The van der Waals surface area contributed by atoms with Crippen LogP contribution in [0.5, 0.6) is 11.5 Å². The van der Waals surface area contributed by atoms with Gasteiger partial charge in [0.2, 0.25) is 0 Å². The number of hydrogen-bond acceptors (Lipinski definition) is 9. The van der Waals surface area contributed by atoms with Crippen molar-refractivity contribution in [2.24, 2.45) is 0 Å². The number of likely N-dealkylation sites (tertiary alicyclic amines) is 1. The molecule has 3 fully saturated rings. The van der Waals surface area contributed by atoms with Crippen molar-refractivity contribution < 1.29 is 15.0 Å². The summed E-state index contributed by atoms with van der Waals surface area (Å²) in [6.07, 6.45) is 4.92. The Morgan fingerprint density at radius 2 is 1.92 bits per heavy atom. The number of anilines is 2. The van der Waals surface area contributed by atoms with E-state index in [1.807, 2.05) is 4.90 Å². The molecule has 1 aromatic carbocycles. The minimum atomic E-state index is -0.385. The molecule has 1 atom stereocenters. The number of carbonyl (C=O) groups is 1. The van der Waals surface area contributed by atoms with E-state index in [9.17, 15) is 19.8 Å². The molecule has 2 saturated heterocycles. The number of aromatic amines is 1. The van der Waals surface area contributed by atoms with E-state index in [-0.39, 0.29) is 52.4 Å². The number of piperazine rings is 1. The topological polar surface area (TPSA) is 151 Å². The summed E-state index contributed by atoms with van der Waals surface area (Å²) in [7, 11) is 0. The van der Waals surface area contributed by atoms with Gasteiger partial charge in [0.05, 0.1) is 0 Å². The van der Waals surface area contributed by atoms with Crippen LogP contribution in [-0.2, 0) is 6.54 Å². The molecule has 3 aliphatic rings. The number of aromatic hydroxyl groups is 2. The second kappa shape index (κ2) is 10.6. The molecule has 5 rings (SSSR count). The van der Waals surface area contributed by atoms with Gasteiger partial charge in [-0.05, 0) is 51.3 Å². The van der Waals surface area contributed by atoms with Crippen molar-refractivity contribution in [3.63, 3.8) is 0 Å². The Hall–Kier alpha value is -3.31. The van der Waals surface area contributed by atoms with Crippen molar-refractivity contribution in [1.82, 2.24) is 25.1 Å². The number of phenols is 2. The maximum Gasteiger partial charge on any atom is 0.291 e. The van der Waals surface area contributed by atoms with E-state index in [2.05, 4.69) is 32.0 Å². The molecular formula is C26H37N7O4. The summed E-state index contributed by atoms with van der Waals surface area (Å²) in [4.78, 5) is 39.2. The molecule has 11 nitrogen and oxygen atoms in total. The number of hydrogen-bond donors (Lipinski definition) is 5. The van der Waals surface area contributed by atoms with E-state index in [1.54, 1.807) is 12.1 Å². The number of aromatic nitrogens is 2. The molecule has 200 valence electrons. The minimum Gasteiger partial charge on any atom is -0.508 e. The number of nitrogens with one attached hydrogen (secondary N) is 2. The third-order valence-corrected chi connectivity index (χ3v) is 7.85. The van der Waals surface area contributed by atoms with E-state index < -0.39 is 0 Å². The molecule has 6 N–H and O–H groups in total. The van der Waals surface area contributed by atoms with Gasteiger partial charge in [0.25, 0.3) is 11.5 Å². The van der Waals surface area contributed by atoms with Gasteiger partial charge < -0.3 is 31.1 Å². The van der Waals surface area contributed by atoms with Crippen LogP contribution in [0.2, 0.25) is 0 Å². The fourth-order valence-electron chi connectivity index (χ4n) is 5.57. The zero-order valence-corrected chi connectivity index (χ0v) is 21.3. The van der Waals surface area contributed by atoms with Crippen LogP contribution < -0.4 is 21.5 Å². The molecule has 11 heteroatoms. The SMILES string of the molecule is CCC1CN(c2nc(N)c(C(=O)NC3CC3)[nH]c2=O)CCN1C1CCN(Cc2ccc(O)cc2O)CC1. The predicted octanol–water partition coefficient (Wildman–Crippen LogP) is 1.22. The molecule has 0 radical (unpaired) electrons. The molecule has 1 aliphatic carbocycles. The van der Waals surface area contributed by atoms with Gasteiger partial charge in [-0.25, -0.2) is 4.98 Å². The standard InChI is InChI=1S/C26H37N7O4/c1-2-18-15-32(24-26(37)29-22(23(27)30-24)25(36)28-17-4-5-17)11-12-33(18)19-7-9-31(10-8-19)14-16-3-6-20(34)13-21(16)35/h3,6,13,17-19,34-35H,2,4-5,7-12,14-15H2,1H3,(H2,27,30)(H,28,36)(H,29,37). The predicted molar refractivity (Wildman–Crippen MR) is 141 cm³/mol. The Balaban J connectivity index is 1.19. The van der Waals surface area contributed by atoms with Gasteiger partial charge in [-0.3, -0.25) is 19.4 Å². The molecule has 2 aliphatic heterocycles. The summed E-state index contributed by atoms with van der Waals surface area (Å²) < 4.78 is 0. The Morgan fingerprint density at radius 1 is 1.16 bits per heavy atom. The number of carbonyl (C=O) groups excluding carboxylic acids is 1. The van der Waals surface area contributed by atoms with Crippen molar-refractivity contribution in [3.05, 3.63) is 39.8 Å². The highest BCUT2D eigenvalue weighted by atomic mass is 16.3. The first kappa shape index (κ1) is 25.3. The number of phenolic OH excluding ortho intramolecular Hbond substituents is 2. The largest absolute Gasteiger partial charge is 0.508 e. The maximum atomic E-state index is 12.9. The smallest absolute Gasteiger partial charge is 0.291 e. The Bertz CT molecular complexity index is 1190. The van der Waals surface area contributed by atoms with Crippen molar-refractivity contribution >= 4 is 17.5 Å². The number of amides is 1. The van der Waals surface area contributed by atoms with Crippen molar-refractivity contribution in [3.8, 4) is 11.5 Å². The van der Waals surface area contributed by atoms with Crippen LogP contribution in [0.1, 0.15) is 55.1 Å². The third kappa shape index (κ3) is 5.67. The molecule has 1 saturated carbocycles. The Kier molecular flexibility index (Phi) is 7.25. The van der Waals surface area contributed by atoms with Crippen LogP contribution in [0.25, 0.3) is 0 Å². The fourth-order valence-corrected chi connectivity index (χ4v) is 5.57. The Labute approximate surface area is 216 Å². The van der Waals surface area contributed by atoms with E-state index in [0.29, 0.717) is 25.7 Å². The summed E-state index contributed by atoms with van der Waals surface area (Å²) in [6.45, 7) is 6.87. The van der Waals surface area contributed by atoms with Crippen LogP contribution in [0, 0.1) is 0 Å². The van der Waals surface area contributed by atoms with Crippen LogP contribution >= 0.6 is 0 Å². The molecule has 3 heterocycles. The van der Waals surface area contributed by atoms with Crippen molar-refractivity contribution in [2.45, 2.75) is 63.7 Å². The average molecular weight is 512 g/mol. The van der Waals surface area contributed by atoms with Crippen molar-refractivity contribution in [1.29, 1.82) is 0 Å². The number of piperidine rings is 1. The summed E-state index contributed by atoms with van der Waals surface area (Å²) in [5, 5.41) is 22.5. The number of nitrogens with two attached hydrogens (primary N) is 1. The van der Waals surface area contributed by atoms with Gasteiger partial charge in [0.15, 0.2) is 11.6 Å². The quantitative estimate of drug-likeness (QED) is 0.370. The number of H-pyrrole nitrogens is 1. The molecule has 1 unspecified atom stereocenters. The van der Waals surface area contributed by atoms with Crippen LogP contribution in [0.4, 0.5) is 11.6 Å². The lowest BCUT2D eigenvalue weighted by Crippen LogP contribution is -2.59. The van der Waals surface area contributed by atoms with Gasteiger partial charge in [0.1, 0.15) is 17.2 Å². The highest BCUT2D eigenvalue weighted by Crippen LogP contribution is 2.28. The minimum absolute atomic E-state index is 0.0405. The normalized spacial score (nSPS) is 21.8. The number of nitrogens with zero attached hydrogens (tertiary/aromatic N) is 4. The fraction of sp³-hybridized carbons (Fsp3) is 0.577. The first-order valence-corrected chi connectivity index (χ1v) is 13.3. The molecule has 2 aromatic rings. The van der Waals surface area contributed by atoms with E-state index >= 15 is 0 Å². The summed E-state index contributed by atoms with van der Waals surface area (Å²) >= 11 is 0. The first-order valence-electron chi connectivity index (χ1n) is 13.3. The maximum absolute atomic E-state index is 12.9. The Morgan fingerprint density at radius 3 is 2.59 bits per heavy atom. The summed E-state index contributed by atoms with van der Waals surface area (Å²) in [6, 6.07) is 5.68. The number of benzene rings is 1. The van der Waals surface area contributed by atoms with Crippen molar-refractivity contribution in [2.75, 3.05) is 43.4 Å². The molecule has 0 bridgehead atoms. The zero-order valence-electron chi connectivity index (χ0n) is 21.3. The highest BCUT2D eigenvalue weighted by Gasteiger charge is 2.34. The van der Waals surface area contributed by atoms with Gasteiger partial charge in [0, 0.05) is 55.9 Å². The van der Waals surface area contributed by atoms with E-state index in [1.165, 1.54) is 6.07 Å².